The normalized spacial score (nSPS) is 26.4. The molecule has 2 saturated carbocycles. The number of allylic oxidation sites excluding steroid dienone is 1. The number of thiazole rings is 1. The number of nitrogens with one attached hydrogen (secondary N) is 3. The first-order chi connectivity index (χ1) is 25.2. The van der Waals surface area contributed by atoms with E-state index in [1.165, 1.54) is 16.2 Å². The van der Waals surface area contributed by atoms with Crippen LogP contribution < -0.4 is 24.8 Å². The van der Waals surface area contributed by atoms with E-state index >= 15 is 0 Å². The molecule has 15 heteroatoms. The summed E-state index contributed by atoms with van der Waals surface area (Å²) in [6, 6.07) is 4.24. The summed E-state index contributed by atoms with van der Waals surface area (Å²) in [5, 5.41) is 9.42. The van der Waals surface area contributed by atoms with Gasteiger partial charge in [0, 0.05) is 41.3 Å². The molecule has 4 aliphatic rings. The van der Waals surface area contributed by atoms with Gasteiger partial charge in [0.15, 0.2) is 0 Å². The molecule has 7 rings (SSSR count). The first-order valence-electron chi connectivity index (χ1n) is 18.5. The summed E-state index contributed by atoms with van der Waals surface area (Å²) in [7, 11) is -2.33. The van der Waals surface area contributed by atoms with E-state index in [2.05, 4.69) is 29.2 Å². The van der Waals surface area contributed by atoms with Gasteiger partial charge in [0.25, 0.3) is 5.91 Å². The van der Waals surface area contributed by atoms with E-state index in [1.54, 1.807) is 14.0 Å². The molecule has 284 valence electrons. The fourth-order valence-corrected chi connectivity index (χ4v) is 9.45. The van der Waals surface area contributed by atoms with Crippen molar-refractivity contribution in [3.63, 3.8) is 0 Å². The number of carbonyl (C=O) groups excluding carboxylic acids is 3. The quantitative estimate of drug-likeness (QED) is 0.257. The van der Waals surface area contributed by atoms with Crippen molar-refractivity contribution in [1.29, 1.82) is 0 Å². The zero-order valence-electron chi connectivity index (χ0n) is 30.9. The Kier molecular flexibility index (Phi) is 9.94. The number of pyridine rings is 1. The van der Waals surface area contributed by atoms with Crippen LogP contribution in [0.2, 0.25) is 0 Å². The highest BCUT2D eigenvalue weighted by atomic mass is 32.2. The molecule has 2 aliphatic carbocycles. The number of rotatable bonds is 8. The van der Waals surface area contributed by atoms with Crippen LogP contribution in [0.25, 0.3) is 21.6 Å². The highest BCUT2D eigenvalue weighted by Crippen LogP contribution is 2.47. The number of nitrogens with zero attached hydrogens (tertiary/aromatic N) is 3. The van der Waals surface area contributed by atoms with Gasteiger partial charge >= 0.3 is 6.03 Å². The Balaban J connectivity index is 1.20. The van der Waals surface area contributed by atoms with Gasteiger partial charge in [-0.25, -0.2) is 23.2 Å². The summed E-state index contributed by atoms with van der Waals surface area (Å²) < 4.78 is 39.8. The van der Waals surface area contributed by atoms with Crippen LogP contribution >= 0.6 is 11.3 Å². The standard InChI is InChI=1S/C38H48N6O7S2/c1-22(2)28-21-52-34(41-28)27-18-31(26-12-13-30(50-5)23(3)32(26)40-27)51-25-17-29-33(45)42-38(35(46)43-53(48,49)37(4)14-15-37)19-24(38)11-9-7-6-8-10-16-39-36(47)44(29)20-25/h9,11-13,18,21-22,24-25,29H,6-8,10,14-17,19-20H2,1-5H3,(H,39,47)(H,42,45)(H,43,46)/b11-9-. The molecule has 4 unspecified atom stereocenters. The van der Waals surface area contributed by atoms with Gasteiger partial charge in [-0.15, -0.1) is 11.3 Å². The predicted molar refractivity (Wildman–Crippen MR) is 202 cm³/mol. The Labute approximate surface area is 314 Å². The molecule has 0 radical (unpaired) electrons. The molecule has 2 aliphatic heterocycles. The Bertz CT molecular complexity index is 2080. The van der Waals surface area contributed by atoms with Gasteiger partial charge in [0.1, 0.15) is 39.9 Å². The Morgan fingerprint density at radius 2 is 1.92 bits per heavy atom. The van der Waals surface area contributed by atoms with Crippen LogP contribution in [0.5, 0.6) is 11.5 Å². The second-order valence-corrected chi connectivity index (χ2v) is 18.4. The summed E-state index contributed by atoms with van der Waals surface area (Å²) in [5.74, 6) is -0.194. The number of urea groups is 1. The lowest BCUT2D eigenvalue weighted by Crippen LogP contribution is -2.57. The van der Waals surface area contributed by atoms with Crippen molar-refractivity contribution < 1.29 is 32.3 Å². The molecule has 3 N–H and O–H groups in total. The topological polar surface area (TPSA) is 169 Å². The molecule has 2 aromatic heterocycles. The van der Waals surface area contributed by atoms with E-state index < -0.39 is 50.3 Å². The summed E-state index contributed by atoms with van der Waals surface area (Å²) in [6.07, 6.45) is 8.00. The monoisotopic (exact) mass is 764 g/mol. The molecule has 0 bridgehead atoms. The van der Waals surface area contributed by atoms with Crippen molar-refractivity contribution >= 4 is 50.1 Å². The minimum Gasteiger partial charge on any atom is -0.496 e. The van der Waals surface area contributed by atoms with Gasteiger partial charge in [-0.05, 0) is 70.4 Å². The number of fused-ring (bicyclic) bond motifs is 3. The largest absolute Gasteiger partial charge is 0.496 e. The van der Waals surface area contributed by atoms with Gasteiger partial charge in [-0.2, -0.15) is 0 Å². The lowest BCUT2D eigenvalue weighted by molar-refractivity contribution is -0.131. The summed E-state index contributed by atoms with van der Waals surface area (Å²) in [5.41, 5.74) is 1.69. The number of hydrogen-bond acceptors (Lipinski definition) is 10. The van der Waals surface area contributed by atoms with Crippen molar-refractivity contribution in [3.05, 3.63) is 47.0 Å². The number of ether oxygens (including phenoxy) is 2. The number of aryl methyl sites for hydroxylation is 1. The molecule has 3 fully saturated rings. The molecule has 13 nitrogen and oxygen atoms in total. The second kappa shape index (κ2) is 14.2. The lowest BCUT2D eigenvalue weighted by atomic mass is 10.1. The summed E-state index contributed by atoms with van der Waals surface area (Å²) in [6.45, 7) is 8.29. The first kappa shape index (κ1) is 37.1. The summed E-state index contributed by atoms with van der Waals surface area (Å²) in [4.78, 5) is 53.0. The average Bonchev–Trinajstić information content (AvgIpc) is 3.89. The van der Waals surface area contributed by atoms with Gasteiger partial charge in [0.05, 0.1) is 29.6 Å². The van der Waals surface area contributed by atoms with Crippen molar-refractivity contribution in [2.45, 2.75) is 107 Å². The van der Waals surface area contributed by atoms with Gasteiger partial charge in [-0.1, -0.05) is 32.4 Å². The molecule has 4 amide bonds. The Morgan fingerprint density at radius 1 is 1.13 bits per heavy atom. The number of methoxy groups -OCH3 is 1. The van der Waals surface area contributed by atoms with E-state index in [4.69, 9.17) is 19.4 Å². The number of aromatic nitrogens is 2. The van der Waals surface area contributed by atoms with Gasteiger partial charge < -0.3 is 25.0 Å². The van der Waals surface area contributed by atoms with Gasteiger partial charge in [0.2, 0.25) is 15.9 Å². The molecular weight excluding hydrogens is 717 g/mol. The highest BCUT2D eigenvalue weighted by molar-refractivity contribution is 7.91. The van der Waals surface area contributed by atoms with E-state index in [0.29, 0.717) is 42.1 Å². The van der Waals surface area contributed by atoms with Crippen LogP contribution in [0.1, 0.15) is 89.3 Å². The molecule has 0 spiro atoms. The van der Waals surface area contributed by atoms with Crippen LogP contribution in [0.15, 0.2) is 35.7 Å². The van der Waals surface area contributed by atoms with Crippen LogP contribution in [0, 0.1) is 12.8 Å². The van der Waals surface area contributed by atoms with E-state index in [1.807, 2.05) is 42.7 Å². The third kappa shape index (κ3) is 7.21. The lowest BCUT2D eigenvalue weighted by Gasteiger charge is -2.27. The Morgan fingerprint density at radius 3 is 2.64 bits per heavy atom. The van der Waals surface area contributed by atoms with Crippen molar-refractivity contribution in [2.24, 2.45) is 5.92 Å². The fourth-order valence-electron chi connectivity index (χ4n) is 7.20. The number of hydrogen-bond donors (Lipinski definition) is 3. The predicted octanol–water partition coefficient (Wildman–Crippen LogP) is 5.33. The summed E-state index contributed by atoms with van der Waals surface area (Å²) >= 11 is 1.50. The maximum absolute atomic E-state index is 14.2. The maximum Gasteiger partial charge on any atom is 0.318 e. The average molecular weight is 765 g/mol. The molecule has 3 aromatic rings. The van der Waals surface area contributed by atoms with Gasteiger partial charge in [-0.3, -0.25) is 14.3 Å². The maximum atomic E-state index is 14.2. The molecular formula is C38H48N6O7S2. The molecule has 1 aromatic carbocycles. The van der Waals surface area contributed by atoms with E-state index in [9.17, 15) is 22.8 Å². The van der Waals surface area contributed by atoms with E-state index in [-0.39, 0.29) is 31.2 Å². The molecule has 1 saturated heterocycles. The smallest absolute Gasteiger partial charge is 0.318 e. The molecule has 53 heavy (non-hydrogen) atoms. The van der Waals surface area contributed by atoms with Crippen LogP contribution in [-0.2, 0) is 19.6 Å². The third-order valence-electron chi connectivity index (χ3n) is 11.1. The van der Waals surface area contributed by atoms with E-state index in [0.717, 1.165) is 47.3 Å². The minimum absolute atomic E-state index is 0.113. The number of carbonyl (C=O) groups is 3. The zero-order valence-corrected chi connectivity index (χ0v) is 32.5. The number of benzene rings is 1. The van der Waals surface area contributed by atoms with Crippen molar-refractivity contribution in [3.8, 4) is 22.2 Å². The van der Waals surface area contributed by atoms with Crippen LogP contribution in [0.4, 0.5) is 4.79 Å². The Hall–Kier alpha value is -4.24. The zero-order chi connectivity index (χ0) is 37.7. The SMILES string of the molecule is COc1ccc2c(OC3CC4C(=O)NC5(C(=O)NS(=O)(=O)C6(C)CC6)CC5/C=C\CCCCCNC(=O)N4C3)cc(-c3nc(C(C)C)cs3)nc2c1C. The van der Waals surface area contributed by atoms with Crippen LogP contribution in [0.3, 0.4) is 0 Å². The van der Waals surface area contributed by atoms with Crippen molar-refractivity contribution in [1.82, 2.24) is 30.2 Å². The van der Waals surface area contributed by atoms with Crippen LogP contribution in [-0.4, -0.2) is 83.8 Å². The third-order valence-corrected chi connectivity index (χ3v) is 14.2. The number of sulfonamides is 1. The molecule has 4 heterocycles. The van der Waals surface area contributed by atoms with Crippen molar-refractivity contribution in [2.75, 3.05) is 20.2 Å². The first-order valence-corrected chi connectivity index (χ1v) is 20.8. The fraction of sp³-hybridized carbons (Fsp3) is 0.553. The number of amides is 4. The highest BCUT2D eigenvalue weighted by Gasteiger charge is 2.63. The molecule has 4 atom stereocenters. The minimum atomic E-state index is -3.94. The second-order valence-electron chi connectivity index (χ2n) is 15.3.